The predicted molar refractivity (Wildman–Crippen MR) is 116 cm³/mol. The summed E-state index contributed by atoms with van der Waals surface area (Å²) < 4.78 is 0. The Labute approximate surface area is 173 Å². The second kappa shape index (κ2) is 8.29. The normalized spacial score (nSPS) is 25.0. The molecule has 3 aliphatic rings. The van der Waals surface area contributed by atoms with Crippen LogP contribution in [-0.4, -0.2) is 42.0 Å². The molecule has 2 atom stereocenters. The van der Waals surface area contributed by atoms with Crippen molar-refractivity contribution in [3.8, 4) is 0 Å². The van der Waals surface area contributed by atoms with Crippen molar-refractivity contribution in [1.29, 1.82) is 0 Å². The maximum atomic E-state index is 12.4. The fourth-order valence-electron chi connectivity index (χ4n) is 4.68. The highest BCUT2D eigenvalue weighted by Crippen LogP contribution is 2.41. The first-order chi connectivity index (χ1) is 14.3. The Bertz CT molecular complexity index is 823. The zero-order chi connectivity index (χ0) is 19.6. The molecule has 2 aliphatic carbocycles. The zero-order valence-corrected chi connectivity index (χ0v) is 17.0. The van der Waals surface area contributed by atoms with Crippen molar-refractivity contribution >= 4 is 5.91 Å². The van der Waals surface area contributed by atoms with Crippen molar-refractivity contribution < 1.29 is 4.79 Å². The number of nitrogens with zero attached hydrogens (tertiary/aromatic N) is 1. The molecule has 0 aromatic heterocycles. The van der Waals surface area contributed by atoms with Gasteiger partial charge in [-0.2, -0.15) is 0 Å². The minimum absolute atomic E-state index is 0.00621. The predicted octanol–water partition coefficient (Wildman–Crippen LogP) is 3.69. The molecule has 1 saturated heterocycles. The molecule has 1 heterocycles. The Morgan fingerprint density at radius 2 is 1.66 bits per heavy atom. The smallest absolute Gasteiger partial charge is 0.251 e. The second-order valence-corrected chi connectivity index (χ2v) is 8.95. The van der Waals surface area contributed by atoms with Gasteiger partial charge in [0.15, 0.2) is 0 Å². The maximum Gasteiger partial charge on any atom is 0.251 e. The molecule has 2 aromatic rings. The summed E-state index contributed by atoms with van der Waals surface area (Å²) in [6.45, 7) is 3.11. The van der Waals surface area contributed by atoms with Gasteiger partial charge in [0.1, 0.15) is 0 Å². The van der Waals surface area contributed by atoms with Gasteiger partial charge in [-0.25, -0.2) is 0 Å². The third-order valence-electron chi connectivity index (χ3n) is 6.73. The summed E-state index contributed by atoms with van der Waals surface area (Å²) in [6, 6.07) is 20.5. The number of hydrogen-bond donors (Lipinski definition) is 2. The molecule has 2 aromatic carbocycles. The van der Waals surface area contributed by atoms with Crippen LogP contribution in [0.5, 0.6) is 0 Å². The van der Waals surface area contributed by atoms with Gasteiger partial charge in [0.25, 0.3) is 5.91 Å². The number of amides is 1. The van der Waals surface area contributed by atoms with Gasteiger partial charge in [-0.05, 0) is 68.5 Å². The van der Waals surface area contributed by atoms with E-state index in [0.717, 1.165) is 17.2 Å². The highest BCUT2D eigenvalue weighted by molar-refractivity contribution is 5.94. The lowest BCUT2D eigenvalue weighted by Gasteiger charge is -2.32. The van der Waals surface area contributed by atoms with Crippen LogP contribution in [0.15, 0.2) is 54.6 Å². The average molecular weight is 390 g/mol. The van der Waals surface area contributed by atoms with E-state index in [9.17, 15) is 4.79 Å². The highest BCUT2D eigenvalue weighted by Gasteiger charge is 2.40. The van der Waals surface area contributed by atoms with E-state index < -0.39 is 0 Å². The quantitative estimate of drug-likeness (QED) is 0.759. The van der Waals surface area contributed by atoms with E-state index in [1.165, 1.54) is 50.8 Å². The van der Waals surface area contributed by atoms with Crippen molar-refractivity contribution in [1.82, 2.24) is 15.5 Å². The second-order valence-electron chi connectivity index (χ2n) is 8.95. The lowest BCUT2D eigenvalue weighted by atomic mass is 10.0. The van der Waals surface area contributed by atoms with E-state index in [-0.39, 0.29) is 5.91 Å². The molecule has 3 fully saturated rings. The van der Waals surface area contributed by atoms with Crippen molar-refractivity contribution in [2.45, 2.75) is 62.7 Å². The fraction of sp³-hybridized carbons (Fsp3) is 0.480. The van der Waals surface area contributed by atoms with E-state index in [1.54, 1.807) is 0 Å². The van der Waals surface area contributed by atoms with E-state index in [1.807, 2.05) is 42.5 Å². The molecule has 4 heteroatoms. The molecule has 1 aliphatic heterocycles. The van der Waals surface area contributed by atoms with E-state index >= 15 is 0 Å². The minimum Gasteiger partial charge on any atom is -0.348 e. The fourth-order valence-corrected chi connectivity index (χ4v) is 4.68. The van der Waals surface area contributed by atoms with Crippen LogP contribution in [0.2, 0.25) is 0 Å². The molecule has 4 nitrogen and oxygen atoms in total. The number of carbonyl (C=O) groups excluding carboxylic acids is 1. The number of likely N-dealkylation sites (tertiary alicyclic amines) is 1. The van der Waals surface area contributed by atoms with E-state index in [0.29, 0.717) is 24.5 Å². The summed E-state index contributed by atoms with van der Waals surface area (Å²) in [5, 5.41) is 6.89. The van der Waals surface area contributed by atoms with Crippen LogP contribution < -0.4 is 10.6 Å². The van der Waals surface area contributed by atoms with E-state index in [4.69, 9.17) is 0 Å². The number of rotatable bonds is 7. The van der Waals surface area contributed by atoms with Crippen LogP contribution in [-0.2, 0) is 6.54 Å². The Hall–Kier alpha value is -2.17. The summed E-state index contributed by atoms with van der Waals surface area (Å²) in [7, 11) is 0. The maximum absolute atomic E-state index is 12.4. The summed E-state index contributed by atoms with van der Waals surface area (Å²) in [5.41, 5.74) is 3.21. The van der Waals surface area contributed by atoms with Crippen LogP contribution >= 0.6 is 0 Å². The number of hydrogen-bond acceptors (Lipinski definition) is 3. The molecule has 0 spiro atoms. The van der Waals surface area contributed by atoms with Crippen LogP contribution in [0.3, 0.4) is 0 Å². The standard InChI is InChI=1S/C25H31N3O/c29-25(26-17-18-4-2-1-3-5-18)20-8-6-19(7-9-20)23-16-24(23)27-21-12-14-28(15-13-21)22-10-11-22/h1-9,21-24,27H,10-17H2,(H,26,29). The monoisotopic (exact) mass is 389 g/mol. The molecule has 2 N–H and O–H groups in total. The third-order valence-corrected chi connectivity index (χ3v) is 6.73. The Kier molecular flexibility index (Phi) is 5.38. The van der Waals surface area contributed by atoms with Gasteiger partial charge in [-0.15, -0.1) is 0 Å². The van der Waals surface area contributed by atoms with Gasteiger partial charge >= 0.3 is 0 Å². The van der Waals surface area contributed by atoms with Crippen molar-refractivity contribution in [2.24, 2.45) is 0 Å². The van der Waals surface area contributed by atoms with Crippen molar-refractivity contribution in [3.63, 3.8) is 0 Å². The molecule has 0 radical (unpaired) electrons. The Morgan fingerprint density at radius 3 is 2.34 bits per heavy atom. The van der Waals surface area contributed by atoms with Gasteiger partial charge < -0.3 is 15.5 Å². The van der Waals surface area contributed by atoms with Gasteiger partial charge in [0.2, 0.25) is 0 Å². The summed E-state index contributed by atoms with van der Waals surface area (Å²) in [5.74, 6) is 0.603. The lowest BCUT2D eigenvalue weighted by Crippen LogP contribution is -2.44. The van der Waals surface area contributed by atoms with Crippen LogP contribution in [0, 0.1) is 0 Å². The minimum atomic E-state index is -0.00621. The molecule has 152 valence electrons. The molecule has 29 heavy (non-hydrogen) atoms. The van der Waals surface area contributed by atoms with Crippen LogP contribution in [0.25, 0.3) is 0 Å². The Balaban J connectivity index is 1.08. The van der Waals surface area contributed by atoms with Crippen molar-refractivity contribution in [2.75, 3.05) is 13.1 Å². The topological polar surface area (TPSA) is 44.4 Å². The first-order valence-corrected chi connectivity index (χ1v) is 11.2. The SMILES string of the molecule is O=C(NCc1ccccc1)c1ccc(C2CC2NC2CCN(C3CC3)CC2)cc1. The molecular weight excluding hydrogens is 358 g/mol. The molecule has 1 amide bonds. The van der Waals surface area contributed by atoms with Gasteiger partial charge in [0, 0.05) is 36.2 Å². The number of carbonyl (C=O) groups is 1. The van der Waals surface area contributed by atoms with Crippen molar-refractivity contribution in [3.05, 3.63) is 71.3 Å². The van der Waals surface area contributed by atoms with Gasteiger partial charge in [-0.1, -0.05) is 42.5 Å². The summed E-state index contributed by atoms with van der Waals surface area (Å²) in [4.78, 5) is 15.1. The Morgan fingerprint density at radius 1 is 0.931 bits per heavy atom. The first kappa shape index (κ1) is 18.8. The van der Waals surface area contributed by atoms with Gasteiger partial charge in [-0.3, -0.25) is 4.79 Å². The summed E-state index contributed by atoms with van der Waals surface area (Å²) >= 11 is 0. The molecule has 5 rings (SSSR count). The third kappa shape index (κ3) is 4.71. The van der Waals surface area contributed by atoms with E-state index in [2.05, 4.69) is 27.7 Å². The molecule has 2 saturated carbocycles. The number of benzene rings is 2. The zero-order valence-electron chi connectivity index (χ0n) is 17.0. The molecule has 2 unspecified atom stereocenters. The first-order valence-electron chi connectivity index (χ1n) is 11.2. The number of nitrogens with one attached hydrogen (secondary N) is 2. The largest absolute Gasteiger partial charge is 0.348 e. The van der Waals surface area contributed by atoms with Gasteiger partial charge in [0.05, 0.1) is 0 Å². The molecule has 0 bridgehead atoms. The van der Waals surface area contributed by atoms with Crippen LogP contribution in [0.4, 0.5) is 0 Å². The summed E-state index contributed by atoms with van der Waals surface area (Å²) in [6.07, 6.45) is 6.65. The highest BCUT2D eigenvalue weighted by atomic mass is 16.1. The van der Waals surface area contributed by atoms with Crippen LogP contribution in [0.1, 0.15) is 59.5 Å². The lowest BCUT2D eigenvalue weighted by molar-refractivity contribution is 0.0951. The molecular formula is C25H31N3O. The number of piperidine rings is 1. The average Bonchev–Trinajstić information content (AvgIpc) is 3.69.